The first-order valence-corrected chi connectivity index (χ1v) is 7.63. The van der Waals surface area contributed by atoms with Gasteiger partial charge in [-0.25, -0.2) is 18.0 Å². The van der Waals surface area contributed by atoms with E-state index in [0.29, 0.717) is 0 Å². The van der Waals surface area contributed by atoms with E-state index >= 15 is 0 Å². The highest BCUT2D eigenvalue weighted by molar-refractivity contribution is 7.91. The smallest absolute Gasteiger partial charge is 0.326 e. The normalized spacial score (nSPS) is 21.9. The summed E-state index contributed by atoms with van der Waals surface area (Å²) in [4.78, 5) is 34.2. The van der Waals surface area contributed by atoms with Gasteiger partial charge in [0.05, 0.1) is 17.9 Å². The van der Waals surface area contributed by atoms with Crippen LogP contribution < -0.4 is 5.32 Å². The molecule has 9 nitrogen and oxygen atoms in total. The largest absolute Gasteiger partial charge is 0.481 e. The van der Waals surface area contributed by atoms with E-state index in [1.165, 1.54) is 7.05 Å². The third-order valence-corrected chi connectivity index (χ3v) is 4.80. The minimum absolute atomic E-state index is 0.0211. The number of carbonyl (C=O) groups excluding carboxylic acids is 1. The maximum Gasteiger partial charge on any atom is 0.326 e. The van der Waals surface area contributed by atoms with Crippen LogP contribution in [0.2, 0.25) is 0 Å². The molecule has 10 heteroatoms. The number of carbonyl (C=O) groups is 3. The van der Waals surface area contributed by atoms with Crippen molar-refractivity contribution in [1.82, 2.24) is 10.2 Å². The molecule has 3 N–H and O–H groups in total. The fourth-order valence-electron chi connectivity index (χ4n) is 1.87. The van der Waals surface area contributed by atoms with Crippen molar-refractivity contribution in [3.8, 4) is 0 Å². The molecule has 2 unspecified atom stereocenters. The lowest BCUT2D eigenvalue weighted by Gasteiger charge is -2.25. The van der Waals surface area contributed by atoms with Gasteiger partial charge in [-0.3, -0.25) is 4.79 Å². The predicted octanol–water partition coefficient (Wildman–Crippen LogP) is -1.26. The Morgan fingerprint density at radius 1 is 1.35 bits per heavy atom. The monoisotopic (exact) mass is 308 g/mol. The summed E-state index contributed by atoms with van der Waals surface area (Å²) >= 11 is 0. The highest BCUT2D eigenvalue weighted by Gasteiger charge is 2.34. The summed E-state index contributed by atoms with van der Waals surface area (Å²) in [6.45, 7) is 0. The van der Waals surface area contributed by atoms with Crippen LogP contribution in [0.25, 0.3) is 0 Å². The van der Waals surface area contributed by atoms with Gasteiger partial charge in [-0.2, -0.15) is 0 Å². The summed E-state index contributed by atoms with van der Waals surface area (Å²) in [5.41, 5.74) is 0. The van der Waals surface area contributed by atoms with E-state index < -0.39 is 46.3 Å². The lowest BCUT2D eigenvalue weighted by Crippen LogP contribution is -2.50. The van der Waals surface area contributed by atoms with Crippen molar-refractivity contribution in [2.24, 2.45) is 0 Å². The van der Waals surface area contributed by atoms with Gasteiger partial charge in [-0.15, -0.1) is 0 Å². The highest BCUT2D eigenvalue weighted by atomic mass is 32.2. The Morgan fingerprint density at radius 2 is 1.95 bits per heavy atom. The summed E-state index contributed by atoms with van der Waals surface area (Å²) in [6.07, 6.45) is -0.471. The summed E-state index contributed by atoms with van der Waals surface area (Å²) in [5, 5.41) is 19.4. The molecule has 1 heterocycles. The third kappa shape index (κ3) is 4.37. The molecule has 114 valence electrons. The first-order chi connectivity index (χ1) is 9.12. The van der Waals surface area contributed by atoms with E-state index in [0.717, 1.165) is 4.90 Å². The van der Waals surface area contributed by atoms with E-state index in [1.54, 1.807) is 0 Å². The van der Waals surface area contributed by atoms with E-state index in [9.17, 15) is 22.8 Å². The number of aliphatic carboxylic acids is 2. The lowest BCUT2D eigenvalue weighted by molar-refractivity contribution is -0.145. The number of carboxylic acid groups (broad SMARTS) is 2. The molecule has 2 amide bonds. The lowest BCUT2D eigenvalue weighted by atomic mass is 10.2. The van der Waals surface area contributed by atoms with Crippen LogP contribution >= 0.6 is 0 Å². The van der Waals surface area contributed by atoms with Crippen LogP contribution in [0.15, 0.2) is 0 Å². The molecule has 0 saturated carbocycles. The van der Waals surface area contributed by atoms with Gasteiger partial charge in [-0.1, -0.05) is 0 Å². The minimum Gasteiger partial charge on any atom is -0.481 e. The second kappa shape index (κ2) is 6.07. The van der Waals surface area contributed by atoms with Crippen molar-refractivity contribution < 1.29 is 33.0 Å². The van der Waals surface area contributed by atoms with Gasteiger partial charge < -0.3 is 20.4 Å². The second-order valence-electron chi connectivity index (χ2n) is 4.61. The average Bonchev–Trinajstić information content (AvgIpc) is 2.67. The van der Waals surface area contributed by atoms with Gasteiger partial charge in [0.25, 0.3) is 0 Å². The Morgan fingerprint density at radius 3 is 2.35 bits per heavy atom. The fourth-order valence-corrected chi connectivity index (χ4v) is 3.65. The number of sulfone groups is 1. The number of amides is 2. The van der Waals surface area contributed by atoms with E-state index in [2.05, 4.69) is 5.32 Å². The molecule has 0 bridgehead atoms. The summed E-state index contributed by atoms with van der Waals surface area (Å²) in [5.74, 6) is -3.02. The molecule has 20 heavy (non-hydrogen) atoms. The van der Waals surface area contributed by atoms with Gasteiger partial charge in [0.15, 0.2) is 9.84 Å². The van der Waals surface area contributed by atoms with Crippen molar-refractivity contribution in [2.45, 2.75) is 24.9 Å². The zero-order valence-corrected chi connectivity index (χ0v) is 11.6. The van der Waals surface area contributed by atoms with E-state index in [1.807, 2.05) is 0 Å². The van der Waals surface area contributed by atoms with Gasteiger partial charge in [0, 0.05) is 13.1 Å². The Hall–Kier alpha value is -1.84. The first-order valence-electron chi connectivity index (χ1n) is 5.80. The van der Waals surface area contributed by atoms with Crippen molar-refractivity contribution in [3.05, 3.63) is 0 Å². The summed E-state index contributed by atoms with van der Waals surface area (Å²) < 4.78 is 22.6. The Kier molecular flexibility index (Phi) is 4.93. The van der Waals surface area contributed by atoms with Gasteiger partial charge in [0.1, 0.15) is 6.04 Å². The number of carboxylic acids is 2. The molecule has 0 spiro atoms. The van der Waals surface area contributed by atoms with Crippen LogP contribution in [0.1, 0.15) is 12.8 Å². The van der Waals surface area contributed by atoms with Crippen LogP contribution in [0.3, 0.4) is 0 Å². The van der Waals surface area contributed by atoms with Crippen LogP contribution in [-0.2, 0) is 19.4 Å². The van der Waals surface area contributed by atoms with Gasteiger partial charge >= 0.3 is 18.0 Å². The number of nitrogens with one attached hydrogen (secondary N) is 1. The van der Waals surface area contributed by atoms with Crippen molar-refractivity contribution in [3.63, 3.8) is 0 Å². The molecule has 0 aromatic rings. The van der Waals surface area contributed by atoms with E-state index in [-0.39, 0.29) is 17.9 Å². The number of nitrogens with zero attached hydrogens (tertiary/aromatic N) is 1. The fraction of sp³-hybridized carbons (Fsp3) is 0.700. The Bertz CT molecular complexity index is 516. The molecule has 1 aliphatic heterocycles. The summed E-state index contributed by atoms with van der Waals surface area (Å²) in [6, 6.07) is -2.89. The zero-order valence-electron chi connectivity index (χ0n) is 10.8. The summed E-state index contributed by atoms with van der Waals surface area (Å²) in [7, 11) is -1.82. The van der Waals surface area contributed by atoms with Gasteiger partial charge in [-0.05, 0) is 6.42 Å². The third-order valence-electron chi connectivity index (χ3n) is 3.05. The van der Waals surface area contributed by atoms with Crippen LogP contribution in [0.5, 0.6) is 0 Å². The molecule has 0 aromatic carbocycles. The number of hydrogen-bond donors (Lipinski definition) is 3. The number of rotatable bonds is 5. The average molecular weight is 308 g/mol. The SMILES string of the molecule is CN(C(=O)NC(CC(=O)O)C(=O)O)C1CCS(=O)(=O)C1. The van der Waals surface area contributed by atoms with Crippen molar-refractivity contribution in [2.75, 3.05) is 18.6 Å². The molecule has 0 aromatic heterocycles. The van der Waals surface area contributed by atoms with Crippen LogP contribution in [0.4, 0.5) is 4.79 Å². The molecule has 2 atom stereocenters. The molecule has 0 aliphatic carbocycles. The quantitative estimate of drug-likeness (QED) is 0.575. The van der Waals surface area contributed by atoms with Crippen molar-refractivity contribution in [1.29, 1.82) is 0 Å². The standard InChI is InChI=1S/C10H16N2O7S/c1-12(6-2-3-20(18,19)5-6)10(17)11-7(9(15)16)4-8(13)14/h6-7H,2-5H2,1H3,(H,11,17)(H,13,14)(H,15,16). The number of hydrogen-bond acceptors (Lipinski definition) is 5. The molecular weight excluding hydrogens is 292 g/mol. The Balaban J connectivity index is 2.65. The predicted molar refractivity (Wildman–Crippen MR) is 67.0 cm³/mol. The maximum atomic E-state index is 11.8. The molecule has 1 fully saturated rings. The molecule has 0 radical (unpaired) electrons. The second-order valence-corrected chi connectivity index (χ2v) is 6.83. The maximum absolute atomic E-state index is 11.8. The molecular formula is C10H16N2O7S. The highest BCUT2D eigenvalue weighted by Crippen LogP contribution is 2.16. The van der Waals surface area contributed by atoms with Crippen molar-refractivity contribution >= 4 is 27.8 Å². The molecule has 1 saturated heterocycles. The number of urea groups is 1. The topological polar surface area (TPSA) is 141 Å². The van der Waals surface area contributed by atoms with E-state index in [4.69, 9.17) is 10.2 Å². The van der Waals surface area contributed by atoms with Crippen LogP contribution in [-0.4, -0.2) is 72.1 Å². The zero-order chi connectivity index (χ0) is 15.5. The van der Waals surface area contributed by atoms with Gasteiger partial charge in [0.2, 0.25) is 0 Å². The van der Waals surface area contributed by atoms with Crippen LogP contribution in [0, 0.1) is 0 Å². The molecule has 1 rings (SSSR count). The first kappa shape index (κ1) is 16.2. The Labute approximate surface area is 115 Å². The molecule has 1 aliphatic rings. The minimum atomic E-state index is -3.17.